The molecule has 9 nitrogen and oxygen atoms in total. The number of nitrogens with zero attached hydrogens (tertiary/aromatic N) is 6. The van der Waals surface area contributed by atoms with Crippen LogP contribution < -0.4 is 10.9 Å². The summed E-state index contributed by atoms with van der Waals surface area (Å²) in [5, 5.41) is 19.3. The van der Waals surface area contributed by atoms with E-state index in [2.05, 4.69) is 25.9 Å². The second-order valence-electron chi connectivity index (χ2n) is 5.94. The van der Waals surface area contributed by atoms with E-state index < -0.39 is 0 Å². The normalized spacial score (nSPS) is 10.9. The van der Waals surface area contributed by atoms with Crippen molar-refractivity contribution >= 4 is 22.4 Å². The molecular formula is C18H15N7O2. The Morgan fingerprint density at radius 2 is 1.81 bits per heavy atom. The highest BCUT2D eigenvalue weighted by molar-refractivity contribution is 5.91. The minimum absolute atomic E-state index is 0.167. The number of amides is 1. The summed E-state index contributed by atoms with van der Waals surface area (Å²) in [6.45, 7) is 1.65. The van der Waals surface area contributed by atoms with Gasteiger partial charge in [-0.15, -0.1) is 5.10 Å². The number of carbonyl (C=O) groups is 1. The predicted octanol–water partition coefficient (Wildman–Crippen LogP) is 1.32. The van der Waals surface area contributed by atoms with E-state index >= 15 is 0 Å². The van der Waals surface area contributed by atoms with Crippen LogP contribution in [0.15, 0.2) is 59.7 Å². The maximum atomic E-state index is 12.5. The van der Waals surface area contributed by atoms with Crippen LogP contribution in [0.2, 0.25) is 0 Å². The lowest BCUT2D eigenvalue weighted by atomic mass is 10.1. The van der Waals surface area contributed by atoms with Crippen LogP contribution in [0.25, 0.3) is 16.5 Å². The molecular weight excluding hydrogens is 346 g/mol. The van der Waals surface area contributed by atoms with Crippen LogP contribution in [-0.4, -0.2) is 35.9 Å². The number of hydrogen-bond donors (Lipinski definition) is 1. The first-order chi connectivity index (χ1) is 13.1. The molecule has 0 spiro atoms. The van der Waals surface area contributed by atoms with E-state index in [1.54, 1.807) is 36.4 Å². The number of rotatable bonds is 4. The summed E-state index contributed by atoms with van der Waals surface area (Å²) < 4.78 is 2.69. The molecule has 0 unspecified atom stereocenters. The van der Waals surface area contributed by atoms with E-state index in [4.69, 9.17) is 0 Å². The van der Waals surface area contributed by atoms with Crippen molar-refractivity contribution in [1.29, 1.82) is 0 Å². The van der Waals surface area contributed by atoms with Crippen molar-refractivity contribution in [2.45, 2.75) is 13.5 Å². The van der Waals surface area contributed by atoms with Gasteiger partial charge in [0.2, 0.25) is 5.91 Å². The first-order valence-electron chi connectivity index (χ1n) is 8.21. The van der Waals surface area contributed by atoms with Gasteiger partial charge in [-0.25, -0.2) is 9.36 Å². The molecule has 1 N–H and O–H groups in total. The van der Waals surface area contributed by atoms with Gasteiger partial charge in [-0.2, -0.15) is 5.10 Å². The number of benzene rings is 2. The largest absolute Gasteiger partial charge is 0.324 e. The fraction of sp³-hybridized carbons (Fsp3) is 0.111. The van der Waals surface area contributed by atoms with Gasteiger partial charge in [-0.05, 0) is 47.7 Å². The highest BCUT2D eigenvalue weighted by Gasteiger charge is 2.11. The van der Waals surface area contributed by atoms with E-state index in [1.165, 1.54) is 15.7 Å². The molecule has 0 saturated heterocycles. The van der Waals surface area contributed by atoms with Gasteiger partial charge in [-0.1, -0.05) is 18.2 Å². The fourth-order valence-electron chi connectivity index (χ4n) is 2.83. The first kappa shape index (κ1) is 16.6. The van der Waals surface area contributed by atoms with Crippen molar-refractivity contribution in [3.8, 4) is 5.69 Å². The van der Waals surface area contributed by atoms with E-state index in [0.29, 0.717) is 16.8 Å². The molecule has 1 amide bonds. The molecule has 134 valence electrons. The number of nitrogens with one attached hydrogen (secondary N) is 1. The zero-order valence-corrected chi connectivity index (χ0v) is 14.4. The zero-order chi connectivity index (χ0) is 18.8. The van der Waals surface area contributed by atoms with E-state index in [0.717, 1.165) is 11.1 Å². The van der Waals surface area contributed by atoms with Gasteiger partial charge in [-0.3, -0.25) is 9.59 Å². The number of aromatic nitrogens is 6. The average molecular weight is 361 g/mol. The van der Waals surface area contributed by atoms with Crippen molar-refractivity contribution in [2.75, 3.05) is 5.32 Å². The topological polar surface area (TPSA) is 108 Å². The monoisotopic (exact) mass is 361 g/mol. The minimum atomic E-state index is -0.338. The van der Waals surface area contributed by atoms with Gasteiger partial charge < -0.3 is 5.32 Å². The van der Waals surface area contributed by atoms with Crippen molar-refractivity contribution < 1.29 is 4.79 Å². The minimum Gasteiger partial charge on any atom is -0.324 e. The summed E-state index contributed by atoms with van der Waals surface area (Å²) in [6, 6.07) is 14.2. The van der Waals surface area contributed by atoms with Crippen molar-refractivity contribution in [1.82, 2.24) is 30.0 Å². The number of fused-ring (bicyclic) bond motifs is 1. The molecule has 4 rings (SSSR count). The number of aryl methyl sites for hydroxylation is 1. The third-order valence-electron chi connectivity index (χ3n) is 4.11. The van der Waals surface area contributed by atoms with Crippen LogP contribution in [0.5, 0.6) is 0 Å². The van der Waals surface area contributed by atoms with E-state index in [9.17, 15) is 9.59 Å². The predicted molar refractivity (Wildman–Crippen MR) is 98.5 cm³/mol. The number of carbonyl (C=O) groups excluding carboxylic acids is 1. The quantitative estimate of drug-likeness (QED) is 0.587. The SMILES string of the molecule is Cc1nn(CC(=O)Nc2ccc(-n3cnnn3)cc2)c(=O)c2ccccc12. The lowest BCUT2D eigenvalue weighted by Gasteiger charge is -2.10. The Bertz CT molecular complexity index is 1160. The second kappa shape index (κ2) is 6.79. The summed E-state index contributed by atoms with van der Waals surface area (Å²) in [4.78, 5) is 24.9. The Balaban J connectivity index is 1.52. The molecule has 0 atom stereocenters. The smallest absolute Gasteiger partial charge is 0.275 e. The maximum absolute atomic E-state index is 12.5. The molecule has 4 aromatic rings. The van der Waals surface area contributed by atoms with Crippen LogP contribution in [0, 0.1) is 6.92 Å². The third kappa shape index (κ3) is 3.30. The number of tetrazole rings is 1. The van der Waals surface area contributed by atoms with Crippen molar-refractivity contribution in [3.63, 3.8) is 0 Å². The standard InChI is InChI=1S/C18H15N7O2/c1-12-15-4-2-3-5-16(15)18(27)24(21-12)10-17(26)20-13-6-8-14(9-7-13)25-11-19-22-23-25/h2-9,11H,10H2,1H3,(H,20,26). The first-order valence-corrected chi connectivity index (χ1v) is 8.21. The molecule has 2 aromatic carbocycles. The van der Waals surface area contributed by atoms with Gasteiger partial charge in [0.1, 0.15) is 12.9 Å². The maximum Gasteiger partial charge on any atom is 0.275 e. The lowest BCUT2D eigenvalue weighted by Crippen LogP contribution is -2.30. The Labute approximate surface area is 153 Å². The van der Waals surface area contributed by atoms with Gasteiger partial charge >= 0.3 is 0 Å². The van der Waals surface area contributed by atoms with Crippen molar-refractivity contribution in [3.05, 3.63) is 70.9 Å². The molecule has 2 aromatic heterocycles. The van der Waals surface area contributed by atoms with Gasteiger partial charge in [0.05, 0.1) is 16.8 Å². The summed E-state index contributed by atoms with van der Waals surface area (Å²) >= 11 is 0. The third-order valence-corrected chi connectivity index (χ3v) is 4.11. The Morgan fingerprint density at radius 3 is 2.52 bits per heavy atom. The fourth-order valence-corrected chi connectivity index (χ4v) is 2.83. The second-order valence-corrected chi connectivity index (χ2v) is 5.94. The zero-order valence-electron chi connectivity index (χ0n) is 14.4. The Hall–Kier alpha value is -3.88. The highest BCUT2D eigenvalue weighted by atomic mass is 16.2. The molecule has 0 aliphatic rings. The molecule has 0 radical (unpaired) electrons. The van der Waals surface area contributed by atoms with E-state index in [-0.39, 0.29) is 18.0 Å². The van der Waals surface area contributed by atoms with Gasteiger partial charge in [0.15, 0.2) is 0 Å². The molecule has 0 aliphatic carbocycles. The van der Waals surface area contributed by atoms with E-state index in [1.807, 2.05) is 19.1 Å². The number of hydrogen-bond acceptors (Lipinski definition) is 6. The summed E-state index contributed by atoms with van der Waals surface area (Å²) in [7, 11) is 0. The van der Waals surface area contributed by atoms with Crippen LogP contribution in [0.4, 0.5) is 5.69 Å². The lowest BCUT2D eigenvalue weighted by molar-refractivity contribution is -0.117. The average Bonchev–Trinajstić information content (AvgIpc) is 3.21. The van der Waals surface area contributed by atoms with Crippen LogP contribution in [0.1, 0.15) is 5.69 Å². The van der Waals surface area contributed by atoms with Crippen LogP contribution in [-0.2, 0) is 11.3 Å². The molecule has 0 fully saturated rings. The van der Waals surface area contributed by atoms with Crippen molar-refractivity contribution in [2.24, 2.45) is 0 Å². The molecule has 9 heteroatoms. The number of anilines is 1. The highest BCUT2D eigenvalue weighted by Crippen LogP contribution is 2.13. The van der Waals surface area contributed by atoms with Gasteiger partial charge in [0, 0.05) is 11.1 Å². The Kier molecular flexibility index (Phi) is 4.17. The summed E-state index contributed by atoms with van der Waals surface area (Å²) in [6.07, 6.45) is 1.48. The molecule has 2 heterocycles. The molecule has 0 aliphatic heterocycles. The Morgan fingerprint density at radius 1 is 1.07 bits per heavy atom. The molecule has 0 saturated carbocycles. The molecule has 0 bridgehead atoms. The summed E-state index contributed by atoms with van der Waals surface area (Å²) in [5.41, 5.74) is 1.77. The van der Waals surface area contributed by atoms with Crippen LogP contribution >= 0.6 is 0 Å². The summed E-state index contributed by atoms with van der Waals surface area (Å²) in [5.74, 6) is -0.338. The molecule has 27 heavy (non-hydrogen) atoms. The van der Waals surface area contributed by atoms with Crippen LogP contribution in [0.3, 0.4) is 0 Å². The van der Waals surface area contributed by atoms with Gasteiger partial charge in [0.25, 0.3) is 5.56 Å².